The Balaban J connectivity index is 1.29. The molecule has 0 unspecified atom stereocenters. The number of aromatic nitrogens is 4. The molecular formula is C20H26N6O2. The van der Waals surface area contributed by atoms with E-state index in [2.05, 4.69) is 20.8 Å². The molecule has 0 spiro atoms. The standard InChI is InChI=1S/C20H26N6O2/c27-19(22-17-4-2-1-3-5-17)15-10-12-25(13-11-15)20(28)16-6-8-18(9-7-16)26-14-21-23-24-26/h6-9,14-15,17H,1-5,10-13H2,(H,22,27). The second-order valence-corrected chi connectivity index (χ2v) is 7.71. The van der Waals surface area contributed by atoms with Crippen LogP contribution >= 0.6 is 0 Å². The summed E-state index contributed by atoms with van der Waals surface area (Å²) in [5.74, 6) is 0.201. The van der Waals surface area contributed by atoms with Crippen molar-refractivity contribution in [3.8, 4) is 5.69 Å². The number of tetrazole rings is 1. The Labute approximate surface area is 164 Å². The molecule has 1 saturated carbocycles. The normalized spacial score (nSPS) is 18.8. The summed E-state index contributed by atoms with van der Waals surface area (Å²) in [6, 6.07) is 7.59. The Morgan fingerprint density at radius 2 is 1.68 bits per heavy atom. The monoisotopic (exact) mass is 382 g/mol. The van der Waals surface area contributed by atoms with Crippen LogP contribution in [0.25, 0.3) is 5.69 Å². The van der Waals surface area contributed by atoms with E-state index in [-0.39, 0.29) is 17.7 Å². The van der Waals surface area contributed by atoms with Crippen molar-refractivity contribution in [1.29, 1.82) is 0 Å². The molecule has 1 N–H and O–H groups in total. The summed E-state index contributed by atoms with van der Waals surface area (Å²) in [6.07, 6.45) is 8.88. The molecule has 0 bridgehead atoms. The Hall–Kier alpha value is -2.77. The van der Waals surface area contributed by atoms with Gasteiger partial charge in [-0.2, -0.15) is 0 Å². The van der Waals surface area contributed by atoms with E-state index in [1.165, 1.54) is 25.6 Å². The lowest BCUT2D eigenvalue weighted by atomic mass is 9.92. The molecule has 2 fully saturated rings. The predicted octanol–water partition coefficient (Wildman–Crippen LogP) is 1.96. The molecule has 8 heteroatoms. The molecule has 8 nitrogen and oxygen atoms in total. The first-order chi connectivity index (χ1) is 13.7. The van der Waals surface area contributed by atoms with Gasteiger partial charge in [0.05, 0.1) is 5.69 Å². The van der Waals surface area contributed by atoms with Gasteiger partial charge >= 0.3 is 0 Å². The highest BCUT2D eigenvalue weighted by molar-refractivity contribution is 5.94. The van der Waals surface area contributed by atoms with E-state index in [1.807, 2.05) is 17.0 Å². The summed E-state index contributed by atoms with van der Waals surface area (Å²) in [5, 5.41) is 14.3. The Morgan fingerprint density at radius 3 is 2.32 bits per heavy atom. The van der Waals surface area contributed by atoms with Crippen LogP contribution in [0.3, 0.4) is 0 Å². The SMILES string of the molecule is O=C(NC1CCCCC1)C1CCN(C(=O)c2ccc(-n3cnnn3)cc2)CC1. The van der Waals surface area contributed by atoms with Crippen molar-refractivity contribution in [3.63, 3.8) is 0 Å². The molecule has 4 rings (SSSR count). The highest BCUT2D eigenvalue weighted by Crippen LogP contribution is 2.22. The molecule has 2 aliphatic rings. The number of benzene rings is 1. The largest absolute Gasteiger partial charge is 0.353 e. The van der Waals surface area contributed by atoms with Crippen LogP contribution in [-0.4, -0.2) is 56.1 Å². The molecule has 1 aliphatic heterocycles. The van der Waals surface area contributed by atoms with E-state index in [9.17, 15) is 9.59 Å². The predicted molar refractivity (Wildman–Crippen MR) is 103 cm³/mol. The molecular weight excluding hydrogens is 356 g/mol. The van der Waals surface area contributed by atoms with Crippen molar-refractivity contribution in [3.05, 3.63) is 36.2 Å². The molecule has 2 aromatic rings. The van der Waals surface area contributed by atoms with Crippen molar-refractivity contribution in [2.24, 2.45) is 5.92 Å². The van der Waals surface area contributed by atoms with Gasteiger partial charge in [0.25, 0.3) is 5.91 Å². The van der Waals surface area contributed by atoms with Gasteiger partial charge in [0.15, 0.2) is 0 Å². The van der Waals surface area contributed by atoms with Gasteiger partial charge < -0.3 is 10.2 Å². The zero-order valence-electron chi connectivity index (χ0n) is 16.0. The van der Waals surface area contributed by atoms with Crippen LogP contribution in [-0.2, 0) is 4.79 Å². The number of hydrogen-bond acceptors (Lipinski definition) is 5. The molecule has 1 aromatic heterocycles. The third-order valence-electron chi connectivity index (χ3n) is 5.83. The van der Waals surface area contributed by atoms with Gasteiger partial charge in [0.1, 0.15) is 6.33 Å². The van der Waals surface area contributed by atoms with Gasteiger partial charge in [0.2, 0.25) is 5.91 Å². The van der Waals surface area contributed by atoms with Crippen molar-refractivity contribution < 1.29 is 9.59 Å². The number of piperidine rings is 1. The third kappa shape index (κ3) is 4.21. The van der Waals surface area contributed by atoms with E-state index < -0.39 is 0 Å². The van der Waals surface area contributed by atoms with Gasteiger partial charge in [-0.25, -0.2) is 4.68 Å². The molecule has 1 saturated heterocycles. The summed E-state index contributed by atoms with van der Waals surface area (Å²) in [4.78, 5) is 27.1. The molecule has 148 valence electrons. The van der Waals surface area contributed by atoms with Gasteiger partial charge in [-0.3, -0.25) is 9.59 Å². The van der Waals surface area contributed by atoms with Crippen LogP contribution < -0.4 is 5.32 Å². The van der Waals surface area contributed by atoms with Crippen molar-refractivity contribution in [2.45, 2.75) is 51.0 Å². The number of carbonyl (C=O) groups excluding carboxylic acids is 2. The molecule has 1 aromatic carbocycles. The topological polar surface area (TPSA) is 93.0 Å². The summed E-state index contributed by atoms with van der Waals surface area (Å²) < 4.78 is 1.55. The second kappa shape index (κ2) is 8.50. The molecule has 28 heavy (non-hydrogen) atoms. The summed E-state index contributed by atoms with van der Waals surface area (Å²) in [6.45, 7) is 1.24. The fourth-order valence-electron chi connectivity index (χ4n) is 4.13. The van der Waals surface area contributed by atoms with Crippen LogP contribution in [0, 0.1) is 5.92 Å². The van der Waals surface area contributed by atoms with Crippen LogP contribution in [0.4, 0.5) is 0 Å². The first-order valence-corrected chi connectivity index (χ1v) is 10.1. The quantitative estimate of drug-likeness (QED) is 0.873. The van der Waals surface area contributed by atoms with Crippen molar-refractivity contribution in [1.82, 2.24) is 30.4 Å². The summed E-state index contributed by atoms with van der Waals surface area (Å²) >= 11 is 0. The Kier molecular flexibility index (Phi) is 5.64. The number of carbonyl (C=O) groups is 2. The zero-order valence-corrected chi connectivity index (χ0v) is 16.0. The van der Waals surface area contributed by atoms with Crippen LogP contribution in [0.5, 0.6) is 0 Å². The molecule has 2 amide bonds. The van der Waals surface area contributed by atoms with Gasteiger partial charge in [-0.1, -0.05) is 19.3 Å². The fourth-order valence-corrected chi connectivity index (χ4v) is 4.13. The maximum Gasteiger partial charge on any atom is 0.253 e. The average molecular weight is 382 g/mol. The highest BCUT2D eigenvalue weighted by Gasteiger charge is 2.29. The Morgan fingerprint density at radius 1 is 0.964 bits per heavy atom. The van der Waals surface area contributed by atoms with Gasteiger partial charge in [-0.05, 0) is 60.4 Å². The Bertz CT molecular complexity index is 791. The number of rotatable bonds is 4. The first-order valence-electron chi connectivity index (χ1n) is 10.1. The van der Waals surface area contributed by atoms with Crippen LogP contribution in [0.2, 0.25) is 0 Å². The van der Waals surface area contributed by atoms with Gasteiger partial charge in [-0.15, -0.1) is 5.10 Å². The smallest absolute Gasteiger partial charge is 0.253 e. The van der Waals surface area contributed by atoms with E-state index >= 15 is 0 Å². The minimum absolute atomic E-state index is 0.00871. The first kappa shape index (κ1) is 18.6. The van der Waals surface area contributed by atoms with Gasteiger partial charge in [0, 0.05) is 30.6 Å². The average Bonchev–Trinajstić information content (AvgIpc) is 3.29. The molecule has 0 radical (unpaired) electrons. The van der Waals surface area contributed by atoms with E-state index in [0.29, 0.717) is 24.7 Å². The van der Waals surface area contributed by atoms with E-state index in [4.69, 9.17) is 0 Å². The minimum atomic E-state index is 0.00871. The molecule has 2 heterocycles. The lowest BCUT2D eigenvalue weighted by molar-refractivity contribution is -0.127. The fraction of sp³-hybridized carbons (Fsp3) is 0.550. The zero-order chi connectivity index (χ0) is 19.3. The second-order valence-electron chi connectivity index (χ2n) is 7.71. The lowest BCUT2D eigenvalue weighted by Crippen LogP contribution is -2.45. The van der Waals surface area contributed by atoms with E-state index in [1.54, 1.807) is 16.8 Å². The minimum Gasteiger partial charge on any atom is -0.353 e. The maximum absolute atomic E-state index is 12.8. The van der Waals surface area contributed by atoms with E-state index in [0.717, 1.165) is 31.4 Å². The van der Waals surface area contributed by atoms with Crippen molar-refractivity contribution in [2.75, 3.05) is 13.1 Å². The number of nitrogens with one attached hydrogen (secondary N) is 1. The third-order valence-corrected chi connectivity index (χ3v) is 5.83. The molecule has 0 atom stereocenters. The number of likely N-dealkylation sites (tertiary alicyclic amines) is 1. The summed E-state index contributed by atoms with van der Waals surface area (Å²) in [7, 11) is 0. The summed E-state index contributed by atoms with van der Waals surface area (Å²) in [5.41, 5.74) is 1.45. The van der Waals surface area contributed by atoms with Crippen molar-refractivity contribution >= 4 is 11.8 Å². The number of nitrogens with zero attached hydrogens (tertiary/aromatic N) is 5. The molecule has 1 aliphatic carbocycles. The number of amides is 2. The maximum atomic E-state index is 12.8. The lowest BCUT2D eigenvalue weighted by Gasteiger charge is -2.33. The highest BCUT2D eigenvalue weighted by atomic mass is 16.2. The van der Waals surface area contributed by atoms with Crippen LogP contribution in [0.1, 0.15) is 55.3 Å². The number of hydrogen-bond donors (Lipinski definition) is 1. The van der Waals surface area contributed by atoms with Crippen LogP contribution in [0.15, 0.2) is 30.6 Å².